The van der Waals surface area contributed by atoms with Gasteiger partial charge in [-0.15, -0.1) is 10.2 Å². The van der Waals surface area contributed by atoms with Gasteiger partial charge in [-0.05, 0) is 26.0 Å². The molecule has 1 aromatic carbocycles. The van der Waals surface area contributed by atoms with Gasteiger partial charge in [-0.25, -0.2) is 0 Å². The van der Waals surface area contributed by atoms with Crippen LogP contribution < -0.4 is 14.8 Å². The van der Waals surface area contributed by atoms with E-state index in [1.54, 1.807) is 32.4 Å². The molecule has 0 bridgehead atoms. The Morgan fingerprint density at radius 3 is 2.68 bits per heavy atom. The number of aromatic nitrogens is 2. The van der Waals surface area contributed by atoms with Crippen LogP contribution in [-0.2, 0) is 4.79 Å². The number of carbonyl (C=O) groups is 1. The predicted molar refractivity (Wildman–Crippen MR) is 88.1 cm³/mol. The summed E-state index contributed by atoms with van der Waals surface area (Å²) in [6.07, 6.45) is 0. The van der Waals surface area contributed by atoms with E-state index in [2.05, 4.69) is 15.5 Å². The van der Waals surface area contributed by atoms with Gasteiger partial charge in [-0.1, -0.05) is 23.1 Å². The normalized spacial score (nSPS) is 11.8. The molecule has 0 aliphatic heterocycles. The number of anilines is 1. The van der Waals surface area contributed by atoms with E-state index in [0.717, 1.165) is 9.35 Å². The number of nitrogens with one attached hydrogen (secondary N) is 1. The molecule has 0 radical (unpaired) electrons. The zero-order valence-electron chi connectivity index (χ0n) is 12.7. The Kier molecular flexibility index (Phi) is 5.62. The number of benzene rings is 1. The fourth-order valence-corrected chi connectivity index (χ4v) is 3.63. The average molecular weight is 339 g/mol. The molecule has 2 aromatic rings. The van der Waals surface area contributed by atoms with E-state index in [1.807, 2.05) is 13.8 Å². The fraction of sp³-hybridized carbons (Fsp3) is 0.357. The van der Waals surface area contributed by atoms with E-state index in [0.29, 0.717) is 17.2 Å². The van der Waals surface area contributed by atoms with Crippen LogP contribution in [0.4, 0.5) is 5.69 Å². The van der Waals surface area contributed by atoms with E-state index in [4.69, 9.17) is 9.47 Å². The van der Waals surface area contributed by atoms with Crippen molar-refractivity contribution < 1.29 is 14.3 Å². The van der Waals surface area contributed by atoms with Crippen molar-refractivity contribution >= 4 is 34.7 Å². The molecule has 0 saturated heterocycles. The predicted octanol–water partition coefficient (Wildman–Crippen LogP) is 2.98. The number of rotatable bonds is 6. The molecule has 1 heterocycles. The van der Waals surface area contributed by atoms with Crippen LogP contribution in [0.5, 0.6) is 11.5 Å². The van der Waals surface area contributed by atoms with Crippen LogP contribution in [0.3, 0.4) is 0 Å². The molecule has 0 aliphatic carbocycles. The number of methoxy groups -OCH3 is 2. The zero-order chi connectivity index (χ0) is 16.1. The van der Waals surface area contributed by atoms with Crippen LogP contribution >= 0.6 is 23.1 Å². The fourth-order valence-electron chi connectivity index (χ4n) is 1.67. The van der Waals surface area contributed by atoms with Gasteiger partial charge in [-0.3, -0.25) is 4.79 Å². The minimum Gasteiger partial charge on any atom is -0.497 e. The second kappa shape index (κ2) is 7.46. The second-order valence-corrected chi connectivity index (χ2v) is 7.17. The van der Waals surface area contributed by atoms with Crippen molar-refractivity contribution in [1.82, 2.24) is 10.2 Å². The number of amides is 1. The molecule has 1 atom stereocenters. The van der Waals surface area contributed by atoms with Gasteiger partial charge in [-0.2, -0.15) is 0 Å². The Labute approximate surface area is 137 Å². The molecule has 8 heteroatoms. The molecular weight excluding hydrogens is 322 g/mol. The third-order valence-corrected chi connectivity index (χ3v) is 4.84. The molecule has 0 aliphatic rings. The lowest BCUT2D eigenvalue weighted by atomic mass is 10.2. The SMILES string of the molecule is COc1ccc(NC(=O)C(C)Sc2nnc(C)s2)c(OC)c1. The standard InChI is InChI=1S/C14H17N3O3S2/c1-8(21-14-17-16-9(2)22-14)13(18)15-11-6-5-10(19-3)7-12(11)20-4/h5-8H,1-4H3,(H,15,18). The number of hydrogen-bond donors (Lipinski definition) is 1. The summed E-state index contributed by atoms with van der Waals surface area (Å²) in [6.45, 7) is 3.71. The summed E-state index contributed by atoms with van der Waals surface area (Å²) in [6, 6.07) is 5.24. The minimum atomic E-state index is -0.292. The molecule has 1 aromatic heterocycles. The van der Waals surface area contributed by atoms with Crippen LogP contribution in [0, 0.1) is 6.92 Å². The topological polar surface area (TPSA) is 73.3 Å². The Balaban J connectivity index is 2.04. The van der Waals surface area contributed by atoms with Gasteiger partial charge in [0, 0.05) is 6.07 Å². The Bertz CT molecular complexity index is 661. The van der Waals surface area contributed by atoms with Gasteiger partial charge < -0.3 is 14.8 Å². The Hall–Kier alpha value is -1.80. The summed E-state index contributed by atoms with van der Waals surface area (Å²) in [5.74, 6) is 1.10. The largest absolute Gasteiger partial charge is 0.497 e. The maximum Gasteiger partial charge on any atom is 0.237 e. The Morgan fingerprint density at radius 1 is 1.32 bits per heavy atom. The average Bonchev–Trinajstić information content (AvgIpc) is 2.92. The van der Waals surface area contributed by atoms with Crippen molar-refractivity contribution in [2.24, 2.45) is 0 Å². The highest BCUT2D eigenvalue weighted by molar-refractivity contribution is 8.02. The maximum absolute atomic E-state index is 12.3. The van der Waals surface area contributed by atoms with Gasteiger partial charge in [0.2, 0.25) is 5.91 Å². The second-order valence-electron chi connectivity index (χ2n) is 4.40. The Morgan fingerprint density at radius 2 is 2.09 bits per heavy atom. The minimum absolute atomic E-state index is 0.124. The first-order valence-corrected chi connectivity index (χ1v) is 8.22. The lowest BCUT2D eigenvalue weighted by Gasteiger charge is -2.14. The van der Waals surface area contributed by atoms with Crippen molar-refractivity contribution in [2.75, 3.05) is 19.5 Å². The van der Waals surface area contributed by atoms with E-state index in [9.17, 15) is 4.79 Å². The van der Waals surface area contributed by atoms with E-state index < -0.39 is 0 Å². The molecule has 0 saturated carbocycles. The summed E-state index contributed by atoms with van der Waals surface area (Å²) in [7, 11) is 3.13. The number of thioether (sulfide) groups is 1. The van der Waals surface area contributed by atoms with Crippen molar-refractivity contribution in [2.45, 2.75) is 23.4 Å². The molecule has 2 rings (SSSR count). The number of hydrogen-bond acceptors (Lipinski definition) is 7. The molecule has 6 nitrogen and oxygen atoms in total. The summed E-state index contributed by atoms with van der Waals surface area (Å²) >= 11 is 2.85. The molecule has 1 amide bonds. The van der Waals surface area contributed by atoms with Crippen LogP contribution in [0.15, 0.2) is 22.5 Å². The third-order valence-electron chi connectivity index (χ3n) is 2.82. The highest BCUT2D eigenvalue weighted by Crippen LogP contribution is 2.31. The molecule has 118 valence electrons. The smallest absolute Gasteiger partial charge is 0.237 e. The molecule has 1 unspecified atom stereocenters. The zero-order valence-corrected chi connectivity index (χ0v) is 14.4. The summed E-state index contributed by atoms with van der Waals surface area (Å²) in [5, 5.41) is 11.4. The van der Waals surface area contributed by atoms with Crippen molar-refractivity contribution in [1.29, 1.82) is 0 Å². The first-order chi connectivity index (χ1) is 10.5. The van der Waals surface area contributed by atoms with Crippen LogP contribution in [0.25, 0.3) is 0 Å². The maximum atomic E-state index is 12.3. The summed E-state index contributed by atoms with van der Waals surface area (Å²) in [5.41, 5.74) is 0.606. The summed E-state index contributed by atoms with van der Waals surface area (Å²) in [4.78, 5) is 12.3. The van der Waals surface area contributed by atoms with Crippen molar-refractivity contribution in [3.8, 4) is 11.5 Å². The molecule has 0 spiro atoms. The highest BCUT2D eigenvalue weighted by Gasteiger charge is 2.18. The number of carbonyl (C=O) groups excluding carboxylic acids is 1. The van der Waals surface area contributed by atoms with E-state index >= 15 is 0 Å². The van der Waals surface area contributed by atoms with Crippen LogP contribution in [-0.4, -0.2) is 35.6 Å². The first-order valence-electron chi connectivity index (χ1n) is 6.53. The number of ether oxygens (including phenoxy) is 2. The van der Waals surface area contributed by atoms with E-state index in [-0.39, 0.29) is 11.2 Å². The highest BCUT2D eigenvalue weighted by atomic mass is 32.2. The number of nitrogens with zero attached hydrogens (tertiary/aromatic N) is 2. The lowest BCUT2D eigenvalue weighted by molar-refractivity contribution is -0.115. The van der Waals surface area contributed by atoms with Gasteiger partial charge in [0.1, 0.15) is 16.5 Å². The number of aryl methyl sites for hydroxylation is 1. The van der Waals surface area contributed by atoms with Gasteiger partial charge in [0.15, 0.2) is 4.34 Å². The van der Waals surface area contributed by atoms with Crippen molar-refractivity contribution in [3.05, 3.63) is 23.2 Å². The van der Waals surface area contributed by atoms with Crippen LogP contribution in [0.2, 0.25) is 0 Å². The van der Waals surface area contributed by atoms with Gasteiger partial charge >= 0.3 is 0 Å². The molecule has 0 fully saturated rings. The first kappa shape index (κ1) is 16.6. The molecular formula is C14H17N3O3S2. The van der Waals surface area contributed by atoms with E-state index in [1.165, 1.54) is 23.1 Å². The quantitative estimate of drug-likeness (QED) is 0.816. The third kappa shape index (κ3) is 4.11. The van der Waals surface area contributed by atoms with Gasteiger partial charge in [0.25, 0.3) is 0 Å². The molecule has 22 heavy (non-hydrogen) atoms. The lowest BCUT2D eigenvalue weighted by Crippen LogP contribution is -2.22. The molecule has 1 N–H and O–H groups in total. The van der Waals surface area contributed by atoms with Crippen molar-refractivity contribution in [3.63, 3.8) is 0 Å². The van der Waals surface area contributed by atoms with Gasteiger partial charge in [0.05, 0.1) is 25.2 Å². The van der Waals surface area contributed by atoms with Crippen LogP contribution in [0.1, 0.15) is 11.9 Å². The monoisotopic (exact) mass is 339 g/mol. The summed E-state index contributed by atoms with van der Waals surface area (Å²) < 4.78 is 11.2.